The number of Topliss-reactive ketones (excluding diaryl/α,β-unsaturated/α-hetero) is 3. The highest BCUT2D eigenvalue weighted by atomic mass is 16.7. The Morgan fingerprint density at radius 3 is 1.93 bits per heavy atom. The number of aliphatic hydroxyl groups is 10. The fourth-order valence-electron chi connectivity index (χ4n) is 14.0. The van der Waals surface area contributed by atoms with Crippen molar-refractivity contribution in [2.45, 2.75) is 209 Å². The number of carbonyl (C=O) groups is 5. The van der Waals surface area contributed by atoms with Gasteiger partial charge in [-0.3, -0.25) is 28.9 Å². The van der Waals surface area contributed by atoms with Crippen LogP contribution in [0.2, 0.25) is 0 Å². The number of cyclic esters (lactones) is 1. The van der Waals surface area contributed by atoms with Gasteiger partial charge in [0.15, 0.2) is 24.0 Å². The van der Waals surface area contributed by atoms with Crippen molar-refractivity contribution in [3.05, 3.63) is 46.2 Å². The summed E-state index contributed by atoms with van der Waals surface area (Å²) in [5, 5.41) is 124. The zero-order chi connectivity index (χ0) is 63.7. The van der Waals surface area contributed by atoms with Gasteiger partial charge in [0, 0.05) is 37.3 Å². The van der Waals surface area contributed by atoms with Gasteiger partial charge in [0.05, 0.1) is 88.4 Å². The largest absolute Gasteiger partial charge is 0.508 e. The third-order valence-corrected chi connectivity index (χ3v) is 18.9. The molecule has 490 valence electrons. The number of amides is 1. The number of nitrogens with zero attached hydrogens (tertiary/aromatic N) is 2. The highest BCUT2D eigenvalue weighted by Gasteiger charge is 2.70. The van der Waals surface area contributed by atoms with E-state index in [4.69, 9.17) is 34.2 Å². The molecule has 0 spiro atoms. The molecule has 6 aliphatic rings. The Labute approximate surface area is 500 Å². The van der Waals surface area contributed by atoms with Crippen LogP contribution in [0.5, 0.6) is 5.75 Å². The summed E-state index contributed by atoms with van der Waals surface area (Å²) < 4.78 is 37.1. The molecule has 17 N–H and O–H groups in total. The van der Waals surface area contributed by atoms with Gasteiger partial charge in [0.2, 0.25) is 5.78 Å². The van der Waals surface area contributed by atoms with Crippen LogP contribution in [0, 0.1) is 35.5 Å². The highest BCUT2D eigenvalue weighted by molar-refractivity contribution is 6.24. The Kier molecular flexibility index (Phi) is 23.0. The molecule has 0 radical (unpaired) electrons. The van der Waals surface area contributed by atoms with Crippen molar-refractivity contribution < 1.29 is 120 Å². The number of phenolic OH excluding ortho intramolecular Hbond substituents is 1. The second-order valence-corrected chi connectivity index (χ2v) is 25.5. The molecule has 1 aromatic carbocycles. The van der Waals surface area contributed by atoms with Gasteiger partial charge >= 0.3 is 5.97 Å². The lowest BCUT2D eigenvalue weighted by Gasteiger charge is -2.55. The first kappa shape index (κ1) is 73.8. The van der Waals surface area contributed by atoms with E-state index in [1.165, 1.54) is 72.0 Å². The predicted octanol–water partition coefficient (Wildman–Crippen LogP) is -1.26. The topological polar surface area (TPSA) is 459 Å². The number of fused-ring (bicyclic) bond motifs is 3. The van der Waals surface area contributed by atoms with Gasteiger partial charge in [-0.1, -0.05) is 39.8 Å². The fraction of sp³-hybridized carbons (Fsp3) is 0.746. The second kappa shape index (κ2) is 26.8. The van der Waals surface area contributed by atoms with Crippen molar-refractivity contribution in [1.82, 2.24) is 9.80 Å². The molecule has 3 aliphatic carbocycles. The van der Waals surface area contributed by atoms with Crippen molar-refractivity contribution in [1.29, 1.82) is 0 Å². The minimum atomic E-state index is -3.02. The number of hydrogen-bond donors (Lipinski definition) is 12. The van der Waals surface area contributed by atoms with Crippen LogP contribution in [-0.2, 0) is 58.0 Å². The zero-order valence-corrected chi connectivity index (χ0v) is 51.9. The van der Waals surface area contributed by atoms with E-state index in [-0.39, 0.29) is 53.5 Å². The minimum absolute atomic E-state index is 0. The number of esters is 1. The van der Waals surface area contributed by atoms with Crippen LogP contribution in [0.25, 0.3) is 5.76 Å². The number of carbonyl (C=O) groups excluding carboxylic acids is 5. The molecule has 27 nitrogen and oxygen atoms in total. The number of methoxy groups -OCH3 is 1. The number of nitrogens with two attached hydrogens (primary N) is 1. The number of aliphatic hydroxyl groups excluding tert-OH is 6. The van der Waals surface area contributed by atoms with Gasteiger partial charge in [-0.2, -0.15) is 0 Å². The van der Waals surface area contributed by atoms with Crippen LogP contribution in [0.4, 0.5) is 0 Å². The smallest absolute Gasteiger partial charge is 0.311 e. The second-order valence-electron chi connectivity index (χ2n) is 25.5. The van der Waals surface area contributed by atoms with Crippen LogP contribution in [0.15, 0.2) is 35.1 Å². The first-order valence-electron chi connectivity index (χ1n) is 28.6. The molecule has 3 heterocycles. The van der Waals surface area contributed by atoms with Crippen molar-refractivity contribution in [3.63, 3.8) is 0 Å². The van der Waals surface area contributed by atoms with Crippen LogP contribution in [-0.4, -0.2) is 243 Å². The SMILES string of the molecule is CC[C@H]1OC(=O)[C@H](C)[C@@H](O[C@H]2C[C@@](C)(OC)[C@@H](O)[C@H](C)O2)[C@H](C)[C@@H](O[C@@H]2O[C@H](C)C[C@H](N(C)C)[C@H]2O)[C@](C)(O)C[C@@H](C)C(=O)[C@H](C)[C@@H](O)[C@]1(C)O.CN(C)[C@@H]1C(=O)C(C(N)=O)=C(O)[C@@]2(O)C(=O)C3=C(O)c4c(O)cccc4[C@@](C)(O)[C@H]3[C@H](O)[C@@H]12.O.O. The van der Waals surface area contributed by atoms with Crippen LogP contribution < -0.4 is 5.73 Å². The lowest BCUT2D eigenvalue weighted by atomic mass is 9.53. The molecule has 86 heavy (non-hydrogen) atoms. The molecular weight excluding hydrogens is 1130 g/mol. The number of ether oxygens (including phenoxy) is 6. The van der Waals surface area contributed by atoms with Crippen LogP contribution in [0.1, 0.15) is 113 Å². The normalized spacial score (nSPS) is 43.3. The van der Waals surface area contributed by atoms with Crippen LogP contribution >= 0.6 is 0 Å². The first-order valence-corrected chi connectivity index (χ1v) is 28.6. The summed E-state index contributed by atoms with van der Waals surface area (Å²) in [5.41, 5.74) is -6.61. The molecule has 24 atom stereocenters. The summed E-state index contributed by atoms with van der Waals surface area (Å²) >= 11 is 0. The number of benzene rings is 1. The molecule has 3 aliphatic heterocycles. The lowest BCUT2D eigenvalue weighted by molar-refractivity contribution is -0.318. The summed E-state index contributed by atoms with van der Waals surface area (Å²) in [6, 6.07) is 2.18. The van der Waals surface area contributed by atoms with E-state index in [2.05, 4.69) is 0 Å². The monoisotopic (exact) mass is 1230 g/mol. The maximum absolute atomic E-state index is 14.1. The third-order valence-electron chi connectivity index (χ3n) is 18.9. The number of rotatable bonds is 9. The summed E-state index contributed by atoms with van der Waals surface area (Å²) in [6.07, 6.45) is -11.6. The van der Waals surface area contributed by atoms with E-state index in [1.807, 2.05) is 25.9 Å². The minimum Gasteiger partial charge on any atom is -0.508 e. The Morgan fingerprint density at radius 2 is 1.40 bits per heavy atom. The number of ketones is 3. The van der Waals surface area contributed by atoms with Gasteiger partial charge in [0.1, 0.15) is 52.5 Å². The average Bonchev–Trinajstić information content (AvgIpc) is 0.712. The van der Waals surface area contributed by atoms with Gasteiger partial charge in [0.25, 0.3) is 5.91 Å². The molecule has 3 saturated heterocycles. The Balaban J connectivity index is 0.000000390. The van der Waals surface area contributed by atoms with Gasteiger partial charge in [-0.25, -0.2) is 0 Å². The zero-order valence-electron chi connectivity index (χ0n) is 51.9. The Hall–Kier alpha value is -4.63. The van der Waals surface area contributed by atoms with Crippen molar-refractivity contribution >= 4 is 35.0 Å². The fourth-order valence-corrected chi connectivity index (χ4v) is 14.0. The molecular formula is C59H95N3O24. The number of phenols is 1. The molecule has 1 saturated carbocycles. The molecule has 7 rings (SSSR count). The summed E-state index contributed by atoms with van der Waals surface area (Å²) in [6.45, 7) is 17.6. The summed E-state index contributed by atoms with van der Waals surface area (Å²) in [5.74, 6) is -14.6. The molecule has 4 fully saturated rings. The standard InChI is InChI=1S/C37H67NO13.C22H24N2O9.2H2O/c1-14-25-37(10,45)30(41)20(4)27(39)18(2)16-35(8,44)32(51-34-28(40)24(38(11)12)15-19(3)47-34)21(5)29(22(6)33(43)49-25)50-26-17-36(9,46-13)31(42)23(7)48-26;1-21(32)7-5-4-6-8(25)9(7)15(26)10-12(21)17(28)13-14(24(2)3)16(27)11(20(23)31)19(30)22(13,33)18(10)29;;/h18-26,28-32,34,40-42,44-45H,14-17H2,1-13H3;4-6,12-14,17,25-26,28,30,32-33H,1-3H3,(H2,23,31);2*1H2/t18-,19-,20+,21+,22-,23+,24+,25-,26+,28-,29+,30-,31+,32-,34+,35-,36-,37-;12-,13-,14+,17+,21-,22+;;/m11../s1. The number of hydrogen-bond acceptors (Lipinski definition) is 24. The molecule has 27 heteroatoms. The van der Waals surface area contributed by atoms with Gasteiger partial charge in [-0.15, -0.1) is 0 Å². The van der Waals surface area contributed by atoms with Gasteiger partial charge in [-0.05, 0) is 108 Å². The molecule has 0 unspecified atom stereocenters. The van der Waals surface area contributed by atoms with E-state index in [0.29, 0.717) is 6.42 Å². The van der Waals surface area contributed by atoms with E-state index >= 15 is 0 Å². The molecule has 1 aromatic rings. The van der Waals surface area contributed by atoms with Crippen molar-refractivity contribution in [3.8, 4) is 5.75 Å². The van der Waals surface area contributed by atoms with Crippen LogP contribution in [0.3, 0.4) is 0 Å². The predicted molar refractivity (Wildman–Crippen MR) is 305 cm³/mol. The van der Waals surface area contributed by atoms with Crippen molar-refractivity contribution in [2.75, 3.05) is 35.3 Å². The highest BCUT2D eigenvalue weighted by Crippen LogP contribution is 2.57. The molecule has 0 aromatic heterocycles. The maximum Gasteiger partial charge on any atom is 0.311 e. The van der Waals surface area contributed by atoms with Gasteiger partial charge < -0.3 is 106 Å². The van der Waals surface area contributed by atoms with Crippen molar-refractivity contribution in [2.24, 2.45) is 41.2 Å². The summed E-state index contributed by atoms with van der Waals surface area (Å²) in [7, 11) is 7.97. The average molecular weight is 1230 g/mol. The third kappa shape index (κ3) is 12.9. The quantitative estimate of drug-likeness (QED) is 0.101. The van der Waals surface area contributed by atoms with E-state index in [9.17, 15) is 80.1 Å². The lowest BCUT2D eigenvalue weighted by Crippen LogP contribution is -2.71. The number of likely N-dealkylation sites (N-methyl/N-ethyl adjacent to an activating group) is 2. The first-order chi connectivity index (χ1) is 38.6. The van der Waals surface area contributed by atoms with E-state index in [1.54, 1.807) is 41.5 Å². The molecule has 0 bridgehead atoms. The number of primary amides is 1. The Bertz CT molecular complexity index is 2710. The number of aromatic hydroxyl groups is 1. The summed E-state index contributed by atoms with van der Waals surface area (Å²) in [4.78, 5) is 69.7. The van der Waals surface area contributed by atoms with E-state index in [0.717, 1.165) is 0 Å². The maximum atomic E-state index is 14.1. The van der Waals surface area contributed by atoms with E-state index < -0.39 is 189 Å². The Morgan fingerprint density at radius 1 is 0.802 bits per heavy atom. The molecule has 1 amide bonds.